The average molecular weight is 480 g/mol. The van der Waals surface area contributed by atoms with Crippen LogP contribution >= 0.6 is 0 Å². The maximum Gasteiger partial charge on any atom is 0.416 e. The number of hydrogen-bond acceptors (Lipinski definition) is 3. The van der Waals surface area contributed by atoms with Crippen molar-refractivity contribution in [3.05, 3.63) is 108 Å². The molecule has 8 heteroatoms. The maximum atomic E-state index is 12.8. The summed E-state index contributed by atoms with van der Waals surface area (Å²) >= 11 is 0. The van der Waals surface area contributed by atoms with Crippen molar-refractivity contribution in [2.45, 2.75) is 25.1 Å². The highest BCUT2D eigenvalue weighted by molar-refractivity contribution is 5.68. The molecular formula is C27H23F3N2O3. The van der Waals surface area contributed by atoms with Crippen molar-refractivity contribution >= 4 is 5.97 Å². The molecule has 0 spiro atoms. The largest absolute Gasteiger partial charge is 0.489 e. The third kappa shape index (κ3) is 5.90. The standard InChI is InChI=1S/C27H23F3N2O3/c1-32-14-13-31-26(32)24(16-25(33)34)20-7-11-23(12-8-20)35-17-18-3-2-4-21(15-18)19-5-9-22(10-6-19)27(28,29)30/h2-15,24H,16-17H2,1H3,(H,33,34). The predicted molar refractivity (Wildman–Crippen MR) is 125 cm³/mol. The maximum absolute atomic E-state index is 12.8. The summed E-state index contributed by atoms with van der Waals surface area (Å²) in [5.41, 5.74) is 2.48. The van der Waals surface area contributed by atoms with Crippen LogP contribution < -0.4 is 4.74 Å². The Balaban J connectivity index is 1.45. The van der Waals surface area contributed by atoms with Gasteiger partial charge >= 0.3 is 12.1 Å². The molecule has 35 heavy (non-hydrogen) atoms. The molecule has 0 saturated carbocycles. The Kier molecular flexibility index (Phi) is 6.91. The van der Waals surface area contributed by atoms with E-state index in [0.717, 1.165) is 28.8 Å². The van der Waals surface area contributed by atoms with Gasteiger partial charge < -0.3 is 14.4 Å². The summed E-state index contributed by atoms with van der Waals surface area (Å²) in [5, 5.41) is 9.34. The number of benzene rings is 3. The minimum Gasteiger partial charge on any atom is -0.489 e. The lowest BCUT2D eigenvalue weighted by molar-refractivity contribution is -0.138. The normalized spacial score (nSPS) is 12.3. The fourth-order valence-electron chi connectivity index (χ4n) is 3.90. The van der Waals surface area contributed by atoms with Gasteiger partial charge in [-0.3, -0.25) is 4.79 Å². The quantitative estimate of drug-likeness (QED) is 0.322. The van der Waals surface area contributed by atoms with Crippen LogP contribution in [-0.4, -0.2) is 20.6 Å². The highest BCUT2D eigenvalue weighted by Crippen LogP contribution is 2.31. The molecule has 0 fully saturated rings. The number of ether oxygens (including phenoxy) is 1. The molecule has 1 unspecified atom stereocenters. The molecule has 1 N–H and O–H groups in total. The Bertz CT molecular complexity index is 1300. The smallest absolute Gasteiger partial charge is 0.416 e. The Morgan fingerprint density at radius 1 is 1.03 bits per heavy atom. The zero-order valence-corrected chi connectivity index (χ0v) is 18.9. The van der Waals surface area contributed by atoms with Crippen LogP contribution in [0.5, 0.6) is 5.75 Å². The van der Waals surface area contributed by atoms with Crippen LogP contribution in [0.2, 0.25) is 0 Å². The Hall–Kier alpha value is -4.07. The third-order valence-electron chi connectivity index (χ3n) is 5.71. The monoisotopic (exact) mass is 480 g/mol. The number of carboxylic acids is 1. The summed E-state index contributed by atoms with van der Waals surface area (Å²) in [6.45, 7) is 0.270. The molecule has 0 saturated heterocycles. The SMILES string of the molecule is Cn1ccnc1C(CC(=O)O)c1ccc(OCc2cccc(-c3ccc(C(F)(F)F)cc3)c2)cc1. The van der Waals surface area contributed by atoms with Gasteiger partial charge in [-0.15, -0.1) is 0 Å². The van der Waals surface area contributed by atoms with Crippen molar-refractivity contribution in [2.75, 3.05) is 0 Å². The van der Waals surface area contributed by atoms with E-state index in [9.17, 15) is 23.1 Å². The van der Waals surface area contributed by atoms with Crippen LogP contribution in [0.1, 0.15) is 34.9 Å². The van der Waals surface area contributed by atoms with Gasteiger partial charge in [0.2, 0.25) is 0 Å². The van der Waals surface area contributed by atoms with Crippen molar-refractivity contribution in [3.63, 3.8) is 0 Å². The molecule has 1 heterocycles. The lowest BCUT2D eigenvalue weighted by Crippen LogP contribution is -2.12. The van der Waals surface area contributed by atoms with Crippen LogP contribution in [0.25, 0.3) is 11.1 Å². The summed E-state index contributed by atoms with van der Waals surface area (Å²) in [5.74, 6) is -0.0167. The third-order valence-corrected chi connectivity index (χ3v) is 5.71. The lowest BCUT2D eigenvalue weighted by atomic mass is 9.94. The number of carbonyl (C=O) groups is 1. The predicted octanol–water partition coefficient (Wildman–Crippen LogP) is 6.29. The molecule has 1 aromatic heterocycles. The van der Waals surface area contributed by atoms with Crippen LogP contribution in [0.4, 0.5) is 13.2 Å². The average Bonchev–Trinajstić information content (AvgIpc) is 3.27. The van der Waals surface area contributed by atoms with E-state index in [4.69, 9.17) is 4.74 Å². The van der Waals surface area contributed by atoms with E-state index in [1.165, 1.54) is 12.1 Å². The van der Waals surface area contributed by atoms with Crippen molar-refractivity contribution in [3.8, 4) is 16.9 Å². The van der Waals surface area contributed by atoms with Gasteiger partial charge in [0.1, 0.15) is 18.2 Å². The molecule has 4 aromatic rings. The van der Waals surface area contributed by atoms with Crippen LogP contribution in [0.15, 0.2) is 85.2 Å². The topological polar surface area (TPSA) is 64.4 Å². The first-order valence-electron chi connectivity index (χ1n) is 10.9. The molecule has 0 aliphatic carbocycles. The van der Waals surface area contributed by atoms with E-state index in [0.29, 0.717) is 17.1 Å². The molecule has 3 aromatic carbocycles. The number of hydrogen-bond donors (Lipinski definition) is 1. The lowest BCUT2D eigenvalue weighted by Gasteiger charge is -2.16. The van der Waals surface area contributed by atoms with E-state index in [2.05, 4.69) is 4.98 Å². The van der Waals surface area contributed by atoms with Crippen molar-refractivity contribution in [1.29, 1.82) is 0 Å². The molecular weight excluding hydrogens is 457 g/mol. The van der Waals surface area contributed by atoms with Crippen LogP contribution in [-0.2, 0) is 24.6 Å². The highest BCUT2D eigenvalue weighted by Gasteiger charge is 2.30. The number of imidazole rings is 1. The Morgan fingerprint density at radius 2 is 1.74 bits per heavy atom. The molecule has 0 amide bonds. The van der Waals surface area contributed by atoms with E-state index >= 15 is 0 Å². The summed E-state index contributed by atoms with van der Waals surface area (Å²) in [6, 6.07) is 19.7. The van der Waals surface area contributed by atoms with E-state index < -0.39 is 17.7 Å². The summed E-state index contributed by atoms with van der Waals surface area (Å²) in [6.07, 6.45) is -1.03. The van der Waals surface area contributed by atoms with Gasteiger partial charge in [-0.1, -0.05) is 42.5 Å². The zero-order chi connectivity index (χ0) is 25.0. The fourth-order valence-corrected chi connectivity index (χ4v) is 3.90. The van der Waals surface area contributed by atoms with Gasteiger partial charge in [0, 0.05) is 19.4 Å². The van der Waals surface area contributed by atoms with Gasteiger partial charge in [-0.25, -0.2) is 4.98 Å². The van der Waals surface area contributed by atoms with Gasteiger partial charge in [0.15, 0.2) is 0 Å². The van der Waals surface area contributed by atoms with Gasteiger partial charge in [0.05, 0.1) is 17.9 Å². The van der Waals surface area contributed by atoms with Gasteiger partial charge in [0.25, 0.3) is 0 Å². The molecule has 5 nitrogen and oxygen atoms in total. The number of nitrogens with zero attached hydrogens (tertiary/aromatic N) is 2. The first-order chi connectivity index (χ1) is 16.7. The molecule has 0 bridgehead atoms. The fraction of sp³-hybridized carbons (Fsp3) is 0.185. The van der Waals surface area contributed by atoms with Gasteiger partial charge in [-0.05, 0) is 52.6 Å². The molecule has 0 aliphatic heterocycles. The second kappa shape index (κ2) is 10.0. The number of aromatic nitrogens is 2. The van der Waals surface area contributed by atoms with E-state index in [1.54, 1.807) is 24.5 Å². The Labute approximate surface area is 200 Å². The minimum absolute atomic E-state index is 0.0815. The Morgan fingerprint density at radius 3 is 2.34 bits per heavy atom. The van der Waals surface area contributed by atoms with Crippen LogP contribution in [0, 0.1) is 0 Å². The van der Waals surface area contributed by atoms with E-state index in [1.807, 2.05) is 48.0 Å². The summed E-state index contributed by atoms with van der Waals surface area (Å²) in [7, 11) is 1.83. The number of aryl methyl sites for hydroxylation is 1. The first kappa shape index (κ1) is 24.1. The number of alkyl halides is 3. The van der Waals surface area contributed by atoms with Crippen molar-refractivity contribution < 1.29 is 27.8 Å². The van der Waals surface area contributed by atoms with Crippen molar-refractivity contribution in [1.82, 2.24) is 9.55 Å². The number of rotatable bonds is 8. The second-order valence-corrected chi connectivity index (χ2v) is 8.18. The summed E-state index contributed by atoms with van der Waals surface area (Å²) in [4.78, 5) is 15.7. The van der Waals surface area contributed by atoms with Crippen LogP contribution in [0.3, 0.4) is 0 Å². The zero-order valence-electron chi connectivity index (χ0n) is 18.9. The summed E-state index contributed by atoms with van der Waals surface area (Å²) < 4.78 is 46.1. The van der Waals surface area contributed by atoms with E-state index in [-0.39, 0.29) is 18.9 Å². The number of carboxylic acid groups (broad SMARTS) is 1. The molecule has 1 atom stereocenters. The molecule has 4 rings (SSSR count). The minimum atomic E-state index is -4.37. The highest BCUT2D eigenvalue weighted by atomic mass is 19.4. The number of aliphatic carboxylic acids is 1. The molecule has 0 aliphatic rings. The van der Waals surface area contributed by atoms with Crippen molar-refractivity contribution in [2.24, 2.45) is 7.05 Å². The first-order valence-corrected chi connectivity index (χ1v) is 10.9. The second-order valence-electron chi connectivity index (χ2n) is 8.18. The van der Waals surface area contributed by atoms with Gasteiger partial charge in [-0.2, -0.15) is 13.2 Å². The molecule has 0 radical (unpaired) electrons. The number of halogens is 3. The molecule has 180 valence electrons.